The van der Waals surface area contributed by atoms with E-state index in [1.165, 1.54) is 16.4 Å². The molecule has 0 aliphatic heterocycles. The van der Waals surface area contributed by atoms with Gasteiger partial charge in [-0.25, -0.2) is 0 Å². The lowest BCUT2D eigenvalue weighted by atomic mass is 10.0. The highest BCUT2D eigenvalue weighted by atomic mass is 16.1. The lowest BCUT2D eigenvalue weighted by Gasteiger charge is -2.05. The van der Waals surface area contributed by atoms with Gasteiger partial charge in [0.25, 0.3) is 0 Å². The average Bonchev–Trinajstić information content (AvgIpc) is 2.95. The highest BCUT2D eigenvalue weighted by molar-refractivity contribution is 6.14. The Morgan fingerprint density at radius 1 is 0.833 bits per heavy atom. The van der Waals surface area contributed by atoms with Crippen molar-refractivity contribution in [2.45, 2.75) is 20.4 Å². The molecule has 0 saturated carbocycles. The summed E-state index contributed by atoms with van der Waals surface area (Å²) in [5, 5.41) is 2.35. The summed E-state index contributed by atoms with van der Waals surface area (Å²) in [5.41, 5.74) is 5.03. The number of carbonyl (C=O) groups is 1. The molecule has 0 bridgehead atoms. The van der Waals surface area contributed by atoms with Crippen LogP contribution in [0.2, 0.25) is 0 Å². The third kappa shape index (κ3) is 2.23. The molecule has 1 aromatic heterocycles. The van der Waals surface area contributed by atoms with Crippen LogP contribution in [0, 0.1) is 6.92 Å². The molecule has 4 aromatic rings. The number of hydrogen-bond donors (Lipinski definition) is 0. The second-order valence-corrected chi connectivity index (χ2v) is 6.19. The molecule has 0 fully saturated rings. The number of aryl methyl sites for hydroxylation is 2. The van der Waals surface area contributed by atoms with E-state index in [-0.39, 0.29) is 5.78 Å². The van der Waals surface area contributed by atoms with Gasteiger partial charge in [0, 0.05) is 39.5 Å². The van der Waals surface area contributed by atoms with Gasteiger partial charge in [-0.05, 0) is 38.1 Å². The third-order valence-corrected chi connectivity index (χ3v) is 4.66. The predicted octanol–water partition coefficient (Wildman–Crippen LogP) is 5.35. The van der Waals surface area contributed by atoms with Crippen LogP contribution >= 0.6 is 0 Å². The van der Waals surface area contributed by atoms with Crippen LogP contribution in [0.15, 0.2) is 66.7 Å². The molecular formula is C22H19NO. The van der Waals surface area contributed by atoms with Gasteiger partial charge in [0.05, 0.1) is 0 Å². The molecule has 0 spiro atoms. The van der Waals surface area contributed by atoms with Gasteiger partial charge < -0.3 is 4.57 Å². The first-order valence-corrected chi connectivity index (χ1v) is 8.31. The minimum Gasteiger partial charge on any atom is -0.341 e. The maximum Gasteiger partial charge on any atom is 0.193 e. The maximum atomic E-state index is 12.8. The van der Waals surface area contributed by atoms with Crippen LogP contribution < -0.4 is 0 Å². The van der Waals surface area contributed by atoms with E-state index in [2.05, 4.69) is 41.8 Å². The maximum absolute atomic E-state index is 12.8. The number of aromatic nitrogens is 1. The number of rotatable bonds is 3. The van der Waals surface area contributed by atoms with Gasteiger partial charge in [-0.15, -0.1) is 0 Å². The Kier molecular flexibility index (Phi) is 3.46. The minimum absolute atomic E-state index is 0.0743. The van der Waals surface area contributed by atoms with Crippen LogP contribution in [0.1, 0.15) is 28.4 Å². The van der Waals surface area contributed by atoms with Gasteiger partial charge >= 0.3 is 0 Å². The van der Waals surface area contributed by atoms with Crippen molar-refractivity contribution < 1.29 is 4.79 Å². The summed E-state index contributed by atoms with van der Waals surface area (Å²) in [5.74, 6) is 0.0743. The molecule has 0 radical (unpaired) electrons. The molecule has 3 aromatic carbocycles. The topological polar surface area (TPSA) is 22.0 Å². The zero-order valence-electron chi connectivity index (χ0n) is 13.9. The Morgan fingerprint density at radius 2 is 1.50 bits per heavy atom. The standard InChI is InChI=1S/C22H19NO/c1-3-23-20-7-5-4-6-18(20)19-14-17(12-13-21(19)23)22(24)16-10-8-15(2)9-11-16/h4-14H,3H2,1-2H3. The molecule has 0 saturated heterocycles. The van der Waals surface area contributed by atoms with E-state index in [1.54, 1.807) is 0 Å². The van der Waals surface area contributed by atoms with Crippen LogP contribution in [0.4, 0.5) is 0 Å². The number of nitrogens with zero attached hydrogens (tertiary/aromatic N) is 1. The van der Waals surface area contributed by atoms with Gasteiger partial charge in [0.1, 0.15) is 0 Å². The zero-order valence-corrected chi connectivity index (χ0v) is 13.9. The fourth-order valence-electron chi connectivity index (χ4n) is 3.41. The first-order chi connectivity index (χ1) is 11.7. The lowest BCUT2D eigenvalue weighted by Crippen LogP contribution is -2.01. The van der Waals surface area contributed by atoms with E-state index in [9.17, 15) is 4.79 Å². The van der Waals surface area contributed by atoms with Crippen LogP contribution in [0.5, 0.6) is 0 Å². The molecule has 0 amide bonds. The SMILES string of the molecule is CCn1c2ccccc2c2cc(C(=O)c3ccc(C)cc3)ccc21. The third-order valence-electron chi connectivity index (χ3n) is 4.66. The normalized spacial score (nSPS) is 11.2. The van der Waals surface area contributed by atoms with E-state index in [1.807, 2.05) is 43.3 Å². The van der Waals surface area contributed by atoms with Crippen LogP contribution in [0.25, 0.3) is 21.8 Å². The number of para-hydroxylation sites is 1. The molecule has 0 N–H and O–H groups in total. The van der Waals surface area contributed by atoms with E-state index >= 15 is 0 Å². The van der Waals surface area contributed by atoms with Crippen molar-refractivity contribution in [1.82, 2.24) is 4.57 Å². The molecule has 118 valence electrons. The van der Waals surface area contributed by atoms with Crippen LogP contribution in [-0.4, -0.2) is 10.4 Å². The first-order valence-electron chi connectivity index (χ1n) is 8.31. The summed E-state index contributed by atoms with van der Waals surface area (Å²) in [6.45, 7) is 5.09. The largest absolute Gasteiger partial charge is 0.341 e. The first kappa shape index (κ1) is 14.7. The Hall–Kier alpha value is -2.87. The highest BCUT2D eigenvalue weighted by Gasteiger charge is 2.13. The highest BCUT2D eigenvalue weighted by Crippen LogP contribution is 2.30. The van der Waals surface area contributed by atoms with E-state index in [0.29, 0.717) is 0 Å². The molecule has 2 heteroatoms. The Morgan fingerprint density at radius 3 is 2.25 bits per heavy atom. The van der Waals surface area contributed by atoms with Gasteiger partial charge in [0.2, 0.25) is 0 Å². The smallest absolute Gasteiger partial charge is 0.193 e. The number of carbonyl (C=O) groups excluding carboxylic acids is 1. The van der Waals surface area contributed by atoms with Gasteiger partial charge in [-0.2, -0.15) is 0 Å². The summed E-state index contributed by atoms with van der Waals surface area (Å²) >= 11 is 0. The van der Waals surface area contributed by atoms with E-state index in [4.69, 9.17) is 0 Å². The number of hydrogen-bond acceptors (Lipinski definition) is 1. The summed E-state index contributed by atoms with van der Waals surface area (Å²) < 4.78 is 2.30. The summed E-state index contributed by atoms with van der Waals surface area (Å²) in [7, 11) is 0. The molecule has 0 aliphatic carbocycles. The molecule has 1 heterocycles. The molecule has 0 aliphatic rings. The summed E-state index contributed by atoms with van der Waals surface area (Å²) in [6, 6.07) is 22.2. The molecule has 0 atom stereocenters. The molecular weight excluding hydrogens is 294 g/mol. The Labute approximate surface area is 141 Å². The van der Waals surface area contributed by atoms with Gasteiger partial charge in [0.15, 0.2) is 5.78 Å². The second-order valence-electron chi connectivity index (χ2n) is 6.19. The lowest BCUT2D eigenvalue weighted by molar-refractivity contribution is 0.103. The van der Waals surface area contributed by atoms with Crippen molar-refractivity contribution in [3.05, 3.63) is 83.4 Å². The fraction of sp³-hybridized carbons (Fsp3) is 0.136. The quantitative estimate of drug-likeness (QED) is 0.467. The number of benzene rings is 3. The average molecular weight is 313 g/mol. The summed E-state index contributed by atoms with van der Waals surface area (Å²) in [4.78, 5) is 12.8. The molecule has 2 nitrogen and oxygen atoms in total. The van der Waals surface area contributed by atoms with Crippen molar-refractivity contribution in [3.63, 3.8) is 0 Å². The van der Waals surface area contributed by atoms with Crippen molar-refractivity contribution in [1.29, 1.82) is 0 Å². The van der Waals surface area contributed by atoms with E-state index < -0.39 is 0 Å². The molecule has 0 unspecified atom stereocenters. The van der Waals surface area contributed by atoms with Crippen molar-refractivity contribution >= 4 is 27.6 Å². The van der Waals surface area contributed by atoms with Crippen molar-refractivity contribution in [2.75, 3.05) is 0 Å². The summed E-state index contributed by atoms with van der Waals surface area (Å²) in [6.07, 6.45) is 0. The number of ketones is 1. The van der Waals surface area contributed by atoms with Gasteiger partial charge in [-0.1, -0.05) is 48.0 Å². The second kappa shape index (κ2) is 5.64. The Bertz CT molecular complexity index is 1050. The minimum atomic E-state index is 0.0743. The van der Waals surface area contributed by atoms with E-state index in [0.717, 1.165) is 28.6 Å². The number of fused-ring (bicyclic) bond motifs is 3. The van der Waals surface area contributed by atoms with Crippen LogP contribution in [-0.2, 0) is 6.54 Å². The van der Waals surface area contributed by atoms with Crippen LogP contribution in [0.3, 0.4) is 0 Å². The Balaban J connectivity index is 1.91. The molecule has 4 rings (SSSR count). The van der Waals surface area contributed by atoms with Crippen molar-refractivity contribution in [3.8, 4) is 0 Å². The molecule has 24 heavy (non-hydrogen) atoms. The van der Waals surface area contributed by atoms with Gasteiger partial charge in [-0.3, -0.25) is 4.79 Å². The predicted molar refractivity (Wildman–Crippen MR) is 99.7 cm³/mol. The fourth-order valence-corrected chi connectivity index (χ4v) is 3.41. The monoisotopic (exact) mass is 313 g/mol. The van der Waals surface area contributed by atoms with Crippen molar-refractivity contribution in [2.24, 2.45) is 0 Å². The zero-order chi connectivity index (χ0) is 16.7.